The second-order valence-corrected chi connectivity index (χ2v) is 9.04. The molecule has 6 nitrogen and oxygen atoms in total. The van der Waals surface area contributed by atoms with Gasteiger partial charge < -0.3 is 9.47 Å². The predicted octanol–water partition coefficient (Wildman–Crippen LogP) is 4.60. The molecule has 3 aromatic rings. The predicted molar refractivity (Wildman–Crippen MR) is 133 cm³/mol. The number of carbonyl (C=O) groups is 1. The van der Waals surface area contributed by atoms with Gasteiger partial charge in [-0.15, -0.1) is 12.4 Å². The van der Waals surface area contributed by atoms with Crippen molar-refractivity contribution in [1.29, 1.82) is 0 Å². The molecule has 4 rings (SSSR count). The molecule has 0 radical (unpaired) electrons. The first-order valence-corrected chi connectivity index (χ1v) is 11.5. The molecular formula is C23H27Cl2N3O3S. The molecule has 172 valence electrons. The third-order valence-electron chi connectivity index (χ3n) is 5.43. The van der Waals surface area contributed by atoms with Crippen molar-refractivity contribution < 1.29 is 14.3 Å². The molecule has 0 saturated carbocycles. The number of halogens is 2. The highest BCUT2D eigenvalue weighted by Gasteiger charge is 2.22. The van der Waals surface area contributed by atoms with Crippen molar-refractivity contribution in [3.05, 3.63) is 52.5 Å². The van der Waals surface area contributed by atoms with E-state index in [4.69, 9.17) is 26.1 Å². The van der Waals surface area contributed by atoms with Crippen molar-refractivity contribution in [1.82, 2.24) is 9.88 Å². The molecule has 32 heavy (non-hydrogen) atoms. The number of aromatic nitrogens is 1. The summed E-state index contributed by atoms with van der Waals surface area (Å²) in [6.45, 7) is 6.60. The molecule has 0 spiro atoms. The van der Waals surface area contributed by atoms with Crippen LogP contribution in [0.3, 0.4) is 0 Å². The molecule has 9 heteroatoms. The van der Waals surface area contributed by atoms with E-state index in [9.17, 15) is 4.79 Å². The Balaban J connectivity index is 0.00000289. The van der Waals surface area contributed by atoms with E-state index in [1.165, 1.54) is 11.3 Å². The van der Waals surface area contributed by atoms with E-state index in [0.29, 0.717) is 23.1 Å². The van der Waals surface area contributed by atoms with Gasteiger partial charge >= 0.3 is 0 Å². The lowest BCUT2D eigenvalue weighted by molar-refractivity contribution is -0.118. The highest BCUT2D eigenvalue weighted by molar-refractivity contribution is 7.22. The second-order valence-electron chi connectivity index (χ2n) is 7.59. The Kier molecular flexibility index (Phi) is 8.73. The zero-order valence-electron chi connectivity index (χ0n) is 18.2. The van der Waals surface area contributed by atoms with Crippen LogP contribution in [0.15, 0.2) is 36.4 Å². The van der Waals surface area contributed by atoms with Crippen LogP contribution in [0, 0.1) is 6.92 Å². The first-order valence-electron chi connectivity index (χ1n) is 10.3. The number of ether oxygens (including phenoxy) is 2. The fourth-order valence-electron chi connectivity index (χ4n) is 3.66. The van der Waals surface area contributed by atoms with Crippen molar-refractivity contribution in [2.45, 2.75) is 13.3 Å². The molecule has 2 aromatic carbocycles. The van der Waals surface area contributed by atoms with E-state index in [0.717, 1.165) is 59.9 Å². The lowest BCUT2D eigenvalue weighted by Gasteiger charge is -2.29. The van der Waals surface area contributed by atoms with Crippen LogP contribution in [0.4, 0.5) is 5.13 Å². The quantitative estimate of drug-likeness (QED) is 0.479. The molecule has 0 unspecified atom stereocenters. The topological polar surface area (TPSA) is 54.9 Å². The standard InChI is InChI=1S/C23H26ClN3O3S.ClH/c1-16-13-18(24)15-20-22(16)25-23(31-20)27(8-7-26-9-11-30-12-10-26)21(28)14-17-3-5-19(29-2)6-4-17;/h3-6,13,15H,7-12,14H2,1-2H3;1H. The van der Waals surface area contributed by atoms with Crippen LogP contribution in [0.25, 0.3) is 10.2 Å². The summed E-state index contributed by atoms with van der Waals surface area (Å²) in [6.07, 6.45) is 0.308. The number of rotatable bonds is 7. The average molecular weight is 496 g/mol. The Labute approximate surface area is 203 Å². The van der Waals surface area contributed by atoms with Gasteiger partial charge in [0.1, 0.15) is 5.75 Å². The minimum absolute atomic E-state index is 0. The molecule has 1 saturated heterocycles. The average Bonchev–Trinajstić information content (AvgIpc) is 3.19. The summed E-state index contributed by atoms with van der Waals surface area (Å²) in [5.74, 6) is 0.806. The van der Waals surface area contributed by atoms with Gasteiger partial charge in [-0.2, -0.15) is 0 Å². The molecule has 0 atom stereocenters. The second kappa shape index (κ2) is 11.3. The smallest absolute Gasteiger partial charge is 0.233 e. The third-order valence-corrected chi connectivity index (χ3v) is 6.67. The van der Waals surface area contributed by atoms with Crippen LogP contribution < -0.4 is 9.64 Å². The minimum Gasteiger partial charge on any atom is -0.497 e. The van der Waals surface area contributed by atoms with Crippen molar-refractivity contribution in [2.24, 2.45) is 0 Å². The summed E-state index contributed by atoms with van der Waals surface area (Å²) < 4.78 is 11.7. The molecule has 1 aromatic heterocycles. The van der Waals surface area contributed by atoms with E-state index in [1.807, 2.05) is 48.2 Å². The molecule has 1 aliphatic heterocycles. The van der Waals surface area contributed by atoms with Crippen LogP contribution in [0.2, 0.25) is 5.02 Å². The fraction of sp³-hybridized carbons (Fsp3) is 0.391. The first-order chi connectivity index (χ1) is 15.0. The molecule has 0 N–H and O–H groups in total. The minimum atomic E-state index is 0. The van der Waals surface area contributed by atoms with E-state index < -0.39 is 0 Å². The van der Waals surface area contributed by atoms with Gasteiger partial charge in [0.2, 0.25) is 5.91 Å². The van der Waals surface area contributed by atoms with Crippen LogP contribution in [0.5, 0.6) is 5.75 Å². The van der Waals surface area contributed by atoms with Gasteiger partial charge in [-0.25, -0.2) is 4.98 Å². The normalized spacial score (nSPS) is 14.2. The fourth-order valence-corrected chi connectivity index (χ4v) is 5.13. The van der Waals surface area contributed by atoms with Crippen LogP contribution in [0.1, 0.15) is 11.1 Å². The molecular weight excluding hydrogens is 469 g/mol. The number of nitrogens with zero attached hydrogens (tertiary/aromatic N) is 3. The van der Waals surface area contributed by atoms with Gasteiger partial charge in [0, 0.05) is 31.2 Å². The highest BCUT2D eigenvalue weighted by atomic mass is 35.5. The maximum Gasteiger partial charge on any atom is 0.233 e. The lowest BCUT2D eigenvalue weighted by atomic mass is 10.1. The number of methoxy groups -OCH3 is 1. The highest BCUT2D eigenvalue weighted by Crippen LogP contribution is 2.33. The molecule has 1 aliphatic rings. The number of morpholine rings is 1. The van der Waals surface area contributed by atoms with Gasteiger partial charge in [0.05, 0.1) is 37.0 Å². The van der Waals surface area contributed by atoms with Crippen molar-refractivity contribution in [3.8, 4) is 5.75 Å². The summed E-state index contributed by atoms with van der Waals surface area (Å²) in [7, 11) is 1.63. The molecule has 1 amide bonds. The molecule has 2 heterocycles. The van der Waals surface area contributed by atoms with E-state index in [-0.39, 0.29) is 18.3 Å². The van der Waals surface area contributed by atoms with Gasteiger partial charge in [-0.05, 0) is 42.3 Å². The summed E-state index contributed by atoms with van der Waals surface area (Å²) >= 11 is 7.75. The Hall–Kier alpha value is -1.90. The zero-order chi connectivity index (χ0) is 21.8. The summed E-state index contributed by atoms with van der Waals surface area (Å²) in [5.41, 5.74) is 2.86. The molecule has 0 bridgehead atoms. The van der Waals surface area contributed by atoms with Gasteiger partial charge in [0.25, 0.3) is 0 Å². The zero-order valence-corrected chi connectivity index (χ0v) is 20.6. The summed E-state index contributed by atoms with van der Waals surface area (Å²) in [4.78, 5) is 22.3. The first kappa shape index (κ1) is 24.7. The largest absolute Gasteiger partial charge is 0.497 e. The number of amides is 1. The van der Waals surface area contributed by atoms with Crippen molar-refractivity contribution in [3.63, 3.8) is 0 Å². The monoisotopic (exact) mass is 495 g/mol. The number of carbonyl (C=O) groups excluding carboxylic acids is 1. The summed E-state index contributed by atoms with van der Waals surface area (Å²) in [5, 5.41) is 1.40. The number of hydrogen-bond donors (Lipinski definition) is 0. The number of aryl methyl sites for hydroxylation is 1. The Morgan fingerprint density at radius 2 is 1.97 bits per heavy atom. The summed E-state index contributed by atoms with van der Waals surface area (Å²) in [6, 6.07) is 11.4. The Morgan fingerprint density at radius 3 is 2.66 bits per heavy atom. The molecule has 1 fully saturated rings. The number of thiazole rings is 1. The molecule has 0 aliphatic carbocycles. The van der Waals surface area contributed by atoms with Gasteiger partial charge in [-0.1, -0.05) is 35.1 Å². The van der Waals surface area contributed by atoms with Gasteiger partial charge in [0.15, 0.2) is 5.13 Å². The third kappa shape index (κ3) is 5.91. The Morgan fingerprint density at radius 1 is 1.25 bits per heavy atom. The van der Waals surface area contributed by atoms with Gasteiger partial charge in [-0.3, -0.25) is 14.6 Å². The maximum atomic E-state index is 13.4. The van der Waals surface area contributed by atoms with E-state index in [2.05, 4.69) is 4.90 Å². The lowest BCUT2D eigenvalue weighted by Crippen LogP contribution is -2.43. The van der Waals surface area contributed by atoms with E-state index in [1.54, 1.807) is 7.11 Å². The number of hydrogen-bond acceptors (Lipinski definition) is 6. The maximum absolute atomic E-state index is 13.4. The Bertz CT molecular complexity index is 1050. The van der Waals surface area contributed by atoms with Crippen LogP contribution >= 0.6 is 35.3 Å². The van der Waals surface area contributed by atoms with E-state index >= 15 is 0 Å². The number of benzene rings is 2. The SMILES string of the molecule is COc1ccc(CC(=O)N(CCN2CCOCC2)c2nc3c(C)cc(Cl)cc3s2)cc1.Cl. The number of anilines is 1. The van der Waals surface area contributed by atoms with Crippen molar-refractivity contribution in [2.75, 3.05) is 51.4 Å². The van der Waals surface area contributed by atoms with Crippen LogP contribution in [-0.4, -0.2) is 62.3 Å². The van der Waals surface area contributed by atoms with Crippen LogP contribution in [-0.2, 0) is 16.0 Å². The van der Waals surface area contributed by atoms with Crippen molar-refractivity contribution >= 4 is 56.6 Å². The number of fused-ring (bicyclic) bond motifs is 1.